The average molecular weight is 314 g/mol. The molecule has 0 radical (unpaired) electrons. The molecule has 3 aliphatic rings. The van der Waals surface area contributed by atoms with Crippen LogP contribution < -0.4 is 5.73 Å². The van der Waals surface area contributed by atoms with Gasteiger partial charge in [0.15, 0.2) is 0 Å². The molecule has 1 spiro atoms. The number of nitrogens with zero attached hydrogens (tertiary/aromatic N) is 1. The highest BCUT2D eigenvalue weighted by Crippen LogP contribution is 2.55. The molecule has 2 aliphatic heterocycles. The summed E-state index contributed by atoms with van der Waals surface area (Å²) in [4.78, 5) is 15.1. The minimum absolute atomic E-state index is 0.131. The maximum atomic E-state index is 13.1. The molecule has 124 valence electrons. The molecule has 0 bridgehead atoms. The molecule has 2 saturated heterocycles. The molecule has 23 heavy (non-hydrogen) atoms. The molecule has 1 saturated carbocycles. The first-order valence-corrected chi connectivity index (χ1v) is 8.81. The van der Waals surface area contributed by atoms with E-state index in [2.05, 4.69) is 6.92 Å². The normalized spacial score (nSPS) is 43.2. The summed E-state index contributed by atoms with van der Waals surface area (Å²) in [6.45, 7) is 2.84. The van der Waals surface area contributed by atoms with Gasteiger partial charge in [-0.25, -0.2) is 0 Å². The van der Waals surface area contributed by atoms with Crippen LogP contribution in [0.1, 0.15) is 44.6 Å². The van der Waals surface area contributed by atoms with Crippen molar-refractivity contribution in [3.8, 4) is 0 Å². The van der Waals surface area contributed by atoms with E-state index in [1.54, 1.807) is 0 Å². The molecule has 4 unspecified atom stereocenters. The summed E-state index contributed by atoms with van der Waals surface area (Å²) in [5.74, 6) is 0.553. The monoisotopic (exact) mass is 314 g/mol. The Balaban J connectivity index is 1.64. The number of benzene rings is 1. The number of carbonyl (C=O) groups excluding carboxylic acids is 1. The van der Waals surface area contributed by atoms with Crippen molar-refractivity contribution in [1.29, 1.82) is 0 Å². The van der Waals surface area contributed by atoms with Gasteiger partial charge in [0.2, 0.25) is 5.91 Å². The first kappa shape index (κ1) is 15.2. The molecule has 1 amide bonds. The van der Waals surface area contributed by atoms with E-state index in [1.165, 1.54) is 0 Å². The van der Waals surface area contributed by atoms with Gasteiger partial charge in [0.05, 0.1) is 11.0 Å². The number of hydrogen-bond acceptors (Lipinski definition) is 3. The van der Waals surface area contributed by atoms with Crippen LogP contribution in [0.5, 0.6) is 0 Å². The Morgan fingerprint density at radius 1 is 1.22 bits per heavy atom. The number of fused-ring (bicyclic) bond motifs is 1. The van der Waals surface area contributed by atoms with Crippen molar-refractivity contribution in [3.05, 3.63) is 35.9 Å². The fraction of sp³-hybridized carbons (Fsp3) is 0.632. The Hall–Kier alpha value is -1.39. The van der Waals surface area contributed by atoms with E-state index in [0.29, 0.717) is 19.4 Å². The van der Waals surface area contributed by atoms with Crippen molar-refractivity contribution in [2.24, 2.45) is 17.1 Å². The van der Waals surface area contributed by atoms with Gasteiger partial charge in [0, 0.05) is 25.0 Å². The topological polar surface area (TPSA) is 66.6 Å². The maximum Gasteiger partial charge on any atom is 0.229 e. The second-order valence-corrected chi connectivity index (χ2v) is 7.87. The van der Waals surface area contributed by atoms with Crippen LogP contribution in [-0.4, -0.2) is 34.5 Å². The fourth-order valence-electron chi connectivity index (χ4n) is 5.31. The molecule has 5 atom stereocenters. The summed E-state index contributed by atoms with van der Waals surface area (Å²) in [5.41, 5.74) is 6.01. The van der Waals surface area contributed by atoms with Crippen LogP contribution in [0.25, 0.3) is 0 Å². The molecule has 0 aromatic heterocycles. The standard InChI is InChI=1S/C19H26N2O2/c1-13-16-12-19(23,14-5-3-2-4-6-14)9-10-21(16)17(22)18(13)8-7-15(20)11-18/h2-6,13,15-16,23H,7-12,20H2,1H3/t13?,15?,16?,18-,19?/m0/s1. The number of nitrogens with two attached hydrogens (primary N) is 1. The summed E-state index contributed by atoms with van der Waals surface area (Å²) in [6.07, 6.45) is 3.92. The predicted octanol–water partition coefficient (Wildman–Crippen LogP) is 2.01. The van der Waals surface area contributed by atoms with Gasteiger partial charge in [0.25, 0.3) is 0 Å². The number of piperidine rings is 1. The maximum absolute atomic E-state index is 13.1. The van der Waals surface area contributed by atoms with Crippen molar-refractivity contribution < 1.29 is 9.90 Å². The van der Waals surface area contributed by atoms with E-state index in [-0.39, 0.29) is 29.3 Å². The minimum Gasteiger partial charge on any atom is -0.385 e. The largest absolute Gasteiger partial charge is 0.385 e. The lowest BCUT2D eigenvalue weighted by atomic mass is 9.71. The van der Waals surface area contributed by atoms with Crippen molar-refractivity contribution in [2.75, 3.05) is 6.54 Å². The van der Waals surface area contributed by atoms with Crippen molar-refractivity contribution in [2.45, 2.75) is 56.7 Å². The summed E-state index contributed by atoms with van der Waals surface area (Å²) in [7, 11) is 0. The number of rotatable bonds is 1. The van der Waals surface area contributed by atoms with Crippen LogP contribution in [0.15, 0.2) is 30.3 Å². The number of hydrogen-bond donors (Lipinski definition) is 2. The molecule has 4 nitrogen and oxygen atoms in total. The first-order chi connectivity index (χ1) is 11.0. The highest BCUT2D eigenvalue weighted by atomic mass is 16.3. The summed E-state index contributed by atoms with van der Waals surface area (Å²) < 4.78 is 0. The van der Waals surface area contributed by atoms with Gasteiger partial charge < -0.3 is 15.7 Å². The molecule has 2 heterocycles. The van der Waals surface area contributed by atoms with Crippen LogP contribution in [-0.2, 0) is 10.4 Å². The highest BCUT2D eigenvalue weighted by Gasteiger charge is 2.61. The SMILES string of the molecule is CC1C2CC(O)(c3ccccc3)CCN2C(=O)[C@]12CCC(N)C2. The van der Waals surface area contributed by atoms with Crippen LogP contribution in [0.3, 0.4) is 0 Å². The molecular weight excluding hydrogens is 288 g/mol. The Kier molecular flexibility index (Phi) is 3.33. The third-order valence-corrected chi connectivity index (χ3v) is 6.75. The van der Waals surface area contributed by atoms with Gasteiger partial charge in [-0.05, 0) is 37.2 Å². The zero-order chi connectivity index (χ0) is 16.2. The van der Waals surface area contributed by atoms with E-state index in [0.717, 1.165) is 24.8 Å². The van der Waals surface area contributed by atoms with Crippen molar-refractivity contribution in [1.82, 2.24) is 4.90 Å². The van der Waals surface area contributed by atoms with Gasteiger partial charge in [-0.3, -0.25) is 4.79 Å². The van der Waals surface area contributed by atoms with Gasteiger partial charge in [-0.2, -0.15) is 0 Å². The van der Waals surface area contributed by atoms with Gasteiger partial charge in [0.1, 0.15) is 0 Å². The van der Waals surface area contributed by atoms with E-state index in [1.807, 2.05) is 35.2 Å². The van der Waals surface area contributed by atoms with Crippen molar-refractivity contribution in [3.63, 3.8) is 0 Å². The molecule has 4 heteroatoms. The molecular formula is C19H26N2O2. The van der Waals surface area contributed by atoms with E-state index in [9.17, 15) is 9.90 Å². The first-order valence-electron chi connectivity index (χ1n) is 8.81. The van der Waals surface area contributed by atoms with Gasteiger partial charge >= 0.3 is 0 Å². The summed E-state index contributed by atoms with van der Waals surface area (Å²) >= 11 is 0. The zero-order valence-corrected chi connectivity index (χ0v) is 13.7. The number of amides is 1. The zero-order valence-electron chi connectivity index (χ0n) is 13.7. The van der Waals surface area contributed by atoms with Crippen LogP contribution >= 0.6 is 0 Å². The molecule has 1 aromatic carbocycles. The van der Waals surface area contributed by atoms with Crippen molar-refractivity contribution >= 4 is 5.91 Å². The smallest absolute Gasteiger partial charge is 0.229 e. The predicted molar refractivity (Wildman–Crippen MR) is 88.5 cm³/mol. The lowest BCUT2D eigenvalue weighted by Crippen LogP contribution is -2.48. The lowest BCUT2D eigenvalue weighted by Gasteiger charge is -2.42. The van der Waals surface area contributed by atoms with Gasteiger partial charge in [-0.1, -0.05) is 37.3 Å². The number of aliphatic hydroxyl groups is 1. The molecule has 1 aromatic rings. The summed E-state index contributed by atoms with van der Waals surface area (Å²) in [6, 6.07) is 10.2. The Bertz CT molecular complexity index is 619. The Morgan fingerprint density at radius 3 is 2.61 bits per heavy atom. The van der Waals surface area contributed by atoms with Crippen LogP contribution in [0.2, 0.25) is 0 Å². The molecule has 1 aliphatic carbocycles. The third kappa shape index (κ3) is 2.08. The fourth-order valence-corrected chi connectivity index (χ4v) is 5.31. The van der Waals surface area contributed by atoms with Crippen LogP contribution in [0.4, 0.5) is 0 Å². The van der Waals surface area contributed by atoms with Gasteiger partial charge in [-0.15, -0.1) is 0 Å². The molecule has 3 N–H and O–H groups in total. The second-order valence-electron chi connectivity index (χ2n) is 7.87. The molecule has 3 fully saturated rings. The number of carbonyl (C=O) groups is 1. The molecule has 4 rings (SSSR count). The Labute approximate surface area is 137 Å². The quantitative estimate of drug-likeness (QED) is 0.833. The second kappa shape index (κ2) is 5.05. The van der Waals surface area contributed by atoms with Crippen LogP contribution in [0, 0.1) is 11.3 Å². The minimum atomic E-state index is -0.816. The van der Waals surface area contributed by atoms with E-state index >= 15 is 0 Å². The summed E-state index contributed by atoms with van der Waals surface area (Å²) in [5, 5.41) is 11.2. The lowest BCUT2D eigenvalue weighted by molar-refractivity contribution is -0.140. The van der Waals surface area contributed by atoms with E-state index < -0.39 is 5.60 Å². The Morgan fingerprint density at radius 2 is 1.96 bits per heavy atom. The average Bonchev–Trinajstić information content (AvgIpc) is 3.04. The van der Waals surface area contributed by atoms with E-state index in [4.69, 9.17) is 5.73 Å². The highest BCUT2D eigenvalue weighted by molar-refractivity contribution is 5.86. The third-order valence-electron chi connectivity index (χ3n) is 6.75.